The molecule has 0 unspecified atom stereocenters. The molecule has 0 spiro atoms. The van der Waals surface area contributed by atoms with Crippen molar-refractivity contribution in [3.05, 3.63) is 42.0 Å². The summed E-state index contributed by atoms with van der Waals surface area (Å²) in [5, 5.41) is 3.15. The zero-order valence-electron chi connectivity index (χ0n) is 9.39. The number of hydrogen-bond donors (Lipinski definition) is 1. The van der Waals surface area contributed by atoms with Gasteiger partial charge >= 0.3 is 0 Å². The summed E-state index contributed by atoms with van der Waals surface area (Å²) in [6, 6.07) is 10.2. The standard InChI is InChI=1S/C13H16N2O/c1-15(12-9-14-10-12)13(16)8-7-11-5-3-2-4-6-11/h2-8,12,14H,9-10H2,1H3. The van der Waals surface area contributed by atoms with Crippen LogP contribution in [0.5, 0.6) is 0 Å². The van der Waals surface area contributed by atoms with Crippen LogP contribution >= 0.6 is 0 Å². The molecular weight excluding hydrogens is 200 g/mol. The van der Waals surface area contributed by atoms with Crippen LogP contribution in [-0.2, 0) is 4.79 Å². The minimum Gasteiger partial charge on any atom is -0.337 e. The normalized spacial score (nSPS) is 16.1. The largest absolute Gasteiger partial charge is 0.337 e. The zero-order valence-corrected chi connectivity index (χ0v) is 9.39. The number of likely N-dealkylation sites (N-methyl/N-ethyl adjacent to an activating group) is 1. The van der Waals surface area contributed by atoms with Gasteiger partial charge in [-0.05, 0) is 11.6 Å². The van der Waals surface area contributed by atoms with E-state index >= 15 is 0 Å². The van der Waals surface area contributed by atoms with Crippen LogP contribution in [0, 0.1) is 0 Å². The number of carbonyl (C=O) groups is 1. The molecule has 3 heteroatoms. The predicted molar refractivity (Wildman–Crippen MR) is 64.9 cm³/mol. The van der Waals surface area contributed by atoms with Crippen LogP contribution < -0.4 is 5.32 Å². The molecule has 0 bridgehead atoms. The monoisotopic (exact) mass is 216 g/mol. The van der Waals surface area contributed by atoms with Gasteiger partial charge in [0, 0.05) is 26.2 Å². The second-order valence-corrected chi connectivity index (χ2v) is 4.01. The Hall–Kier alpha value is -1.61. The number of hydrogen-bond acceptors (Lipinski definition) is 2. The molecule has 0 atom stereocenters. The first-order valence-corrected chi connectivity index (χ1v) is 5.48. The zero-order chi connectivity index (χ0) is 11.4. The van der Waals surface area contributed by atoms with Gasteiger partial charge in [0.1, 0.15) is 0 Å². The summed E-state index contributed by atoms with van der Waals surface area (Å²) < 4.78 is 0. The van der Waals surface area contributed by atoms with E-state index in [1.807, 2.05) is 43.5 Å². The Bertz CT molecular complexity index is 382. The fourth-order valence-corrected chi connectivity index (χ4v) is 1.58. The van der Waals surface area contributed by atoms with Crippen molar-refractivity contribution in [2.75, 3.05) is 20.1 Å². The minimum absolute atomic E-state index is 0.0651. The maximum absolute atomic E-state index is 11.8. The number of rotatable bonds is 3. The molecule has 1 amide bonds. The molecule has 16 heavy (non-hydrogen) atoms. The fourth-order valence-electron chi connectivity index (χ4n) is 1.58. The van der Waals surface area contributed by atoms with Crippen molar-refractivity contribution >= 4 is 12.0 Å². The predicted octanol–water partition coefficient (Wildman–Crippen LogP) is 1.13. The van der Waals surface area contributed by atoms with E-state index in [2.05, 4.69) is 5.32 Å². The lowest BCUT2D eigenvalue weighted by molar-refractivity contribution is -0.127. The van der Waals surface area contributed by atoms with E-state index in [4.69, 9.17) is 0 Å². The smallest absolute Gasteiger partial charge is 0.246 e. The van der Waals surface area contributed by atoms with Gasteiger partial charge in [0.05, 0.1) is 6.04 Å². The Morgan fingerprint density at radius 3 is 2.62 bits per heavy atom. The van der Waals surface area contributed by atoms with Crippen molar-refractivity contribution in [2.45, 2.75) is 6.04 Å². The van der Waals surface area contributed by atoms with Crippen molar-refractivity contribution in [3.8, 4) is 0 Å². The molecule has 2 rings (SSSR count). The molecule has 1 aliphatic heterocycles. The van der Waals surface area contributed by atoms with Crippen LogP contribution in [0.3, 0.4) is 0 Å². The summed E-state index contributed by atoms with van der Waals surface area (Å²) in [6.07, 6.45) is 3.48. The quantitative estimate of drug-likeness (QED) is 0.768. The summed E-state index contributed by atoms with van der Waals surface area (Å²) >= 11 is 0. The van der Waals surface area contributed by atoms with Crippen LogP contribution in [0.4, 0.5) is 0 Å². The molecule has 1 fully saturated rings. The van der Waals surface area contributed by atoms with Crippen molar-refractivity contribution in [1.29, 1.82) is 0 Å². The molecule has 1 heterocycles. The van der Waals surface area contributed by atoms with Crippen LogP contribution in [0.1, 0.15) is 5.56 Å². The molecule has 0 aromatic heterocycles. The highest BCUT2D eigenvalue weighted by Gasteiger charge is 2.23. The molecule has 1 aromatic rings. The number of amides is 1. The van der Waals surface area contributed by atoms with Crippen LogP contribution in [-0.4, -0.2) is 37.0 Å². The molecule has 0 aliphatic carbocycles. The first-order valence-electron chi connectivity index (χ1n) is 5.48. The van der Waals surface area contributed by atoms with E-state index in [0.717, 1.165) is 18.7 Å². The first-order chi connectivity index (χ1) is 7.77. The Morgan fingerprint density at radius 1 is 1.38 bits per heavy atom. The topological polar surface area (TPSA) is 32.3 Å². The third kappa shape index (κ3) is 2.49. The molecule has 84 valence electrons. The van der Waals surface area contributed by atoms with Crippen LogP contribution in [0.15, 0.2) is 36.4 Å². The summed E-state index contributed by atoms with van der Waals surface area (Å²) in [6.45, 7) is 1.81. The second kappa shape index (κ2) is 4.94. The van der Waals surface area contributed by atoms with E-state index in [9.17, 15) is 4.79 Å². The summed E-state index contributed by atoms with van der Waals surface area (Å²) in [4.78, 5) is 13.5. The summed E-state index contributed by atoms with van der Waals surface area (Å²) in [5.74, 6) is 0.0651. The van der Waals surface area contributed by atoms with E-state index in [1.165, 1.54) is 0 Å². The Kier molecular flexibility index (Phi) is 3.37. The highest BCUT2D eigenvalue weighted by molar-refractivity contribution is 5.91. The molecule has 0 radical (unpaired) electrons. The van der Waals surface area contributed by atoms with E-state index < -0.39 is 0 Å². The summed E-state index contributed by atoms with van der Waals surface area (Å²) in [7, 11) is 1.85. The van der Waals surface area contributed by atoms with Gasteiger partial charge in [0.25, 0.3) is 0 Å². The average Bonchev–Trinajstić information content (AvgIpc) is 2.25. The lowest BCUT2D eigenvalue weighted by Gasteiger charge is -2.34. The van der Waals surface area contributed by atoms with Crippen LogP contribution in [0.25, 0.3) is 6.08 Å². The molecular formula is C13H16N2O. The van der Waals surface area contributed by atoms with Crippen LogP contribution in [0.2, 0.25) is 0 Å². The van der Waals surface area contributed by atoms with Gasteiger partial charge < -0.3 is 10.2 Å². The van der Waals surface area contributed by atoms with Gasteiger partial charge in [-0.3, -0.25) is 4.79 Å². The number of nitrogens with zero attached hydrogens (tertiary/aromatic N) is 1. The highest BCUT2D eigenvalue weighted by atomic mass is 16.2. The maximum atomic E-state index is 11.8. The van der Waals surface area contributed by atoms with Crippen molar-refractivity contribution in [3.63, 3.8) is 0 Å². The van der Waals surface area contributed by atoms with E-state index in [1.54, 1.807) is 11.0 Å². The molecule has 1 N–H and O–H groups in total. The third-order valence-electron chi connectivity index (χ3n) is 2.87. The minimum atomic E-state index is 0.0651. The highest BCUT2D eigenvalue weighted by Crippen LogP contribution is 2.05. The molecule has 1 aromatic carbocycles. The Morgan fingerprint density at radius 2 is 2.06 bits per heavy atom. The maximum Gasteiger partial charge on any atom is 0.246 e. The number of carbonyl (C=O) groups excluding carboxylic acids is 1. The lowest BCUT2D eigenvalue weighted by Crippen LogP contribution is -2.57. The van der Waals surface area contributed by atoms with Crippen molar-refractivity contribution in [2.24, 2.45) is 0 Å². The van der Waals surface area contributed by atoms with Gasteiger partial charge in [0.2, 0.25) is 5.91 Å². The molecule has 1 saturated heterocycles. The Balaban J connectivity index is 1.93. The summed E-state index contributed by atoms with van der Waals surface area (Å²) in [5.41, 5.74) is 1.05. The van der Waals surface area contributed by atoms with Gasteiger partial charge in [-0.1, -0.05) is 30.3 Å². The van der Waals surface area contributed by atoms with Gasteiger partial charge in [-0.15, -0.1) is 0 Å². The average molecular weight is 216 g/mol. The first kappa shape index (κ1) is 10.9. The van der Waals surface area contributed by atoms with E-state index in [-0.39, 0.29) is 5.91 Å². The Labute approximate surface area is 95.8 Å². The third-order valence-corrected chi connectivity index (χ3v) is 2.87. The van der Waals surface area contributed by atoms with Gasteiger partial charge in [-0.25, -0.2) is 0 Å². The SMILES string of the molecule is CN(C(=O)C=Cc1ccccc1)C1CNC1. The number of benzene rings is 1. The molecule has 1 aliphatic rings. The lowest BCUT2D eigenvalue weighted by atomic mass is 10.1. The second-order valence-electron chi connectivity index (χ2n) is 4.01. The van der Waals surface area contributed by atoms with E-state index in [0.29, 0.717) is 6.04 Å². The fraction of sp³-hybridized carbons (Fsp3) is 0.308. The molecule has 0 saturated carbocycles. The van der Waals surface area contributed by atoms with Gasteiger partial charge in [0.15, 0.2) is 0 Å². The molecule has 3 nitrogen and oxygen atoms in total. The van der Waals surface area contributed by atoms with Gasteiger partial charge in [-0.2, -0.15) is 0 Å². The van der Waals surface area contributed by atoms with Crippen molar-refractivity contribution < 1.29 is 4.79 Å². The van der Waals surface area contributed by atoms with Crippen molar-refractivity contribution in [1.82, 2.24) is 10.2 Å². The number of nitrogens with one attached hydrogen (secondary N) is 1.